The number of rotatable bonds is 1. The Hall–Kier alpha value is -0.260. The van der Waals surface area contributed by atoms with E-state index in [0.717, 1.165) is 11.8 Å². The van der Waals surface area contributed by atoms with Crippen molar-refractivity contribution >= 4 is 0 Å². The quantitative estimate of drug-likeness (QED) is 0.490. The Balaban J connectivity index is 0. The Morgan fingerprint density at radius 1 is 1.33 bits per heavy atom. The van der Waals surface area contributed by atoms with Gasteiger partial charge in [0.25, 0.3) is 0 Å². The summed E-state index contributed by atoms with van der Waals surface area (Å²) >= 11 is 0. The van der Waals surface area contributed by atoms with Gasteiger partial charge in [-0.05, 0) is 37.0 Å². The van der Waals surface area contributed by atoms with Crippen LogP contribution < -0.4 is 0 Å². The van der Waals surface area contributed by atoms with Crippen LogP contribution in [0.2, 0.25) is 0 Å². The first-order chi connectivity index (χ1) is 6.50. The SMILES string of the molecule is C.C/C=C1/CC(C)CC1(C)C(C)C.CC. The summed E-state index contributed by atoms with van der Waals surface area (Å²) in [7, 11) is 0. The van der Waals surface area contributed by atoms with Crippen LogP contribution in [0, 0.1) is 17.3 Å². The van der Waals surface area contributed by atoms with E-state index in [1.807, 2.05) is 13.8 Å². The van der Waals surface area contributed by atoms with Crippen molar-refractivity contribution in [3.8, 4) is 0 Å². The Morgan fingerprint density at radius 2 is 1.80 bits per heavy atom. The minimum absolute atomic E-state index is 0. The van der Waals surface area contributed by atoms with Gasteiger partial charge in [0.2, 0.25) is 0 Å². The average Bonchev–Trinajstić information content (AvgIpc) is 2.45. The van der Waals surface area contributed by atoms with Crippen molar-refractivity contribution < 1.29 is 0 Å². The van der Waals surface area contributed by atoms with E-state index in [1.54, 1.807) is 5.57 Å². The molecule has 0 amide bonds. The van der Waals surface area contributed by atoms with Gasteiger partial charge in [-0.3, -0.25) is 0 Å². The first kappa shape index (κ1) is 17.1. The smallest absolute Gasteiger partial charge is 0.00908 e. The van der Waals surface area contributed by atoms with E-state index >= 15 is 0 Å². The van der Waals surface area contributed by atoms with Crippen LogP contribution in [0.25, 0.3) is 0 Å². The monoisotopic (exact) mass is 212 g/mol. The van der Waals surface area contributed by atoms with E-state index in [2.05, 4.69) is 40.7 Å². The lowest BCUT2D eigenvalue weighted by Crippen LogP contribution is -2.21. The van der Waals surface area contributed by atoms with E-state index in [4.69, 9.17) is 0 Å². The summed E-state index contributed by atoms with van der Waals surface area (Å²) < 4.78 is 0. The molecule has 0 N–H and O–H groups in total. The highest BCUT2D eigenvalue weighted by molar-refractivity contribution is 5.19. The lowest BCUT2D eigenvalue weighted by atomic mass is 9.74. The third kappa shape index (κ3) is 3.66. The van der Waals surface area contributed by atoms with Crippen LogP contribution in [0.3, 0.4) is 0 Å². The summed E-state index contributed by atoms with van der Waals surface area (Å²) in [4.78, 5) is 0. The van der Waals surface area contributed by atoms with Crippen LogP contribution in [0.1, 0.15) is 68.7 Å². The fraction of sp³-hybridized carbons (Fsp3) is 0.867. The molecule has 15 heavy (non-hydrogen) atoms. The van der Waals surface area contributed by atoms with Gasteiger partial charge in [0.05, 0.1) is 0 Å². The summed E-state index contributed by atoms with van der Waals surface area (Å²) in [6.45, 7) is 15.7. The number of allylic oxidation sites excluding steroid dienone is 2. The molecule has 0 saturated heterocycles. The van der Waals surface area contributed by atoms with Crippen LogP contribution >= 0.6 is 0 Å². The molecule has 0 heterocycles. The second-order valence-corrected chi connectivity index (χ2v) is 4.90. The third-order valence-corrected chi connectivity index (χ3v) is 3.70. The van der Waals surface area contributed by atoms with Crippen molar-refractivity contribution in [1.82, 2.24) is 0 Å². The highest BCUT2D eigenvalue weighted by atomic mass is 14.4. The molecule has 2 unspecified atom stereocenters. The van der Waals surface area contributed by atoms with Crippen LogP contribution in [0.4, 0.5) is 0 Å². The Kier molecular flexibility index (Phi) is 8.10. The molecule has 0 bridgehead atoms. The number of hydrogen-bond donors (Lipinski definition) is 0. The predicted octanol–water partition coefficient (Wildman–Crippen LogP) is 5.69. The molecule has 0 aliphatic heterocycles. The van der Waals surface area contributed by atoms with Gasteiger partial charge in [-0.25, -0.2) is 0 Å². The first-order valence-electron chi connectivity index (χ1n) is 6.16. The van der Waals surface area contributed by atoms with Crippen LogP contribution in [0.15, 0.2) is 11.6 Å². The molecule has 0 aromatic carbocycles. The summed E-state index contributed by atoms with van der Waals surface area (Å²) in [6.07, 6.45) is 5.04. The van der Waals surface area contributed by atoms with Crippen LogP contribution in [-0.2, 0) is 0 Å². The van der Waals surface area contributed by atoms with E-state index in [9.17, 15) is 0 Å². The molecule has 0 aromatic rings. The fourth-order valence-corrected chi connectivity index (χ4v) is 2.59. The van der Waals surface area contributed by atoms with Crippen molar-refractivity contribution in [3.63, 3.8) is 0 Å². The van der Waals surface area contributed by atoms with Crippen LogP contribution in [0.5, 0.6) is 0 Å². The Labute approximate surface area is 98.2 Å². The van der Waals surface area contributed by atoms with E-state index in [0.29, 0.717) is 5.41 Å². The molecule has 1 aliphatic rings. The molecule has 92 valence electrons. The topological polar surface area (TPSA) is 0 Å². The highest BCUT2D eigenvalue weighted by Crippen LogP contribution is 2.50. The Bertz CT molecular complexity index is 188. The molecule has 0 radical (unpaired) electrons. The zero-order chi connectivity index (χ0) is 11.4. The summed E-state index contributed by atoms with van der Waals surface area (Å²) in [5.41, 5.74) is 2.18. The van der Waals surface area contributed by atoms with Crippen molar-refractivity contribution in [2.45, 2.75) is 68.7 Å². The standard InChI is InChI=1S/C12H22.C2H6.CH4/c1-6-11-7-10(4)8-12(11,5)9(2)3;1-2;/h6,9-10H,7-8H2,1-5H3;1-2H3;1H4/b11-6-;;. The lowest BCUT2D eigenvalue weighted by Gasteiger charge is -2.31. The first-order valence-corrected chi connectivity index (χ1v) is 6.16. The molecule has 0 spiro atoms. The van der Waals surface area contributed by atoms with E-state index in [-0.39, 0.29) is 7.43 Å². The molecule has 2 atom stereocenters. The zero-order valence-electron chi connectivity index (χ0n) is 11.1. The molecule has 0 nitrogen and oxygen atoms in total. The fourth-order valence-electron chi connectivity index (χ4n) is 2.59. The molecule has 0 heteroatoms. The van der Waals surface area contributed by atoms with Gasteiger partial charge in [0.1, 0.15) is 0 Å². The second-order valence-electron chi connectivity index (χ2n) is 4.90. The predicted molar refractivity (Wildman–Crippen MR) is 73.2 cm³/mol. The molecule has 0 aromatic heterocycles. The molecule has 1 aliphatic carbocycles. The van der Waals surface area contributed by atoms with E-state index in [1.165, 1.54) is 12.8 Å². The largest absolute Gasteiger partial charge is 0.0879 e. The maximum Gasteiger partial charge on any atom is -0.00908 e. The summed E-state index contributed by atoms with van der Waals surface area (Å²) in [5, 5.41) is 0. The summed E-state index contributed by atoms with van der Waals surface area (Å²) in [5.74, 6) is 1.68. The van der Waals surface area contributed by atoms with Gasteiger partial charge in [-0.2, -0.15) is 0 Å². The Morgan fingerprint density at radius 3 is 2.07 bits per heavy atom. The van der Waals surface area contributed by atoms with Crippen molar-refractivity contribution in [1.29, 1.82) is 0 Å². The molecule has 1 saturated carbocycles. The third-order valence-electron chi connectivity index (χ3n) is 3.70. The van der Waals surface area contributed by atoms with Gasteiger partial charge < -0.3 is 0 Å². The number of hydrogen-bond acceptors (Lipinski definition) is 0. The van der Waals surface area contributed by atoms with Gasteiger partial charge in [0.15, 0.2) is 0 Å². The second kappa shape index (κ2) is 7.09. The van der Waals surface area contributed by atoms with Gasteiger partial charge >= 0.3 is 0 Å². The minimum Gasteiger partial charge on any atom is -0.0879 e. The molecular formula is C15H32. The average molecular weight is 212 g/mol. The van der Waals surface area contributed by atoms with Crippen molar-refractivity contribution in [2.75, 3.05) is 0 Å². The summed E-state index contributed by atoms with van der Waals surface area (Å²) in [6, 6.07) is 0. The van der Waals surface area contributed by atoms with Crippen molar-refractivity contribution in [3.05, 3.63) is 11.6 Å². The highest BCUT2D eigenvalue weighted by Gasteiger charge is 2.39. The lowest BCUT2D eigenvalue weighted by molar-refractivity contribution is 0.269. The molecule has 1 rings (SSSR count). The van der Waals surface area contributed by atoms with Gasteiger partial charge in [-0.15, -0.1) is 0 Å². The maximum absolute atomic E-state index is 2.43. The molecular weight excluding hydrogens is 180 g/mol. The molecule has 1 fully saturated rings. The van der Waals surface area contributed by atoms with E-state index < -0.39 is 0 Å². The minimum atomic E-state index is 0. The van der Waals surface area contributed by atoms with Gasteiger partial charge in [-0.1, -0.05) is 60.6 Å². The van der Waals surface area contributed by atoms with Crippen molar-refractivity contribution in [2.24, 2.45) is 17.3 Å². The maximum atomic E-state index is 2.43. The van der Waals surface area contributed by atoms with Gasteiger partial charge in [0, 0.05) is 0 Å². The van der Waals surface area contributed by atoms with Crippen LogP contribution in [-0.4, -0.2) is 0 Å². The normalized spacial score (nSPS) is 32.3. The zero-order valence-corrected chi connectivity index (χ0v) is 11.1.